The zero-order chi connectivity index (χ0) is 14.0. The van der Waals surface area contributed by atoms with Crippen LogP contribution in [0.25, 0.3) is 0 Å². The molecule has 1 aromatic rings. The van der Waals surface area contributed by atoms with E-state index in [1.54, 1.807) is 12.1 Å². The zero-order valence-corrected chi connectivity index (χ0v) is 11.4. The van der Waals surface area contributed by atoms with Crippen LogP contribution in [0.3, 0.4) is 0 Å². The molecule has 1 saturated carbocycles. The molecule has 1 fully saturated rings. The van der Waals surface area contributed by atoms with Crippen LogP contribution in [-0.4, -0.2) is 22.6 Å². The van der Waals surface area contributed by atoms with Crippen molar-refractivity contribution in [1.29, 1.82) is 0 Å². The molecule has 0 spiro atoms. The number of rotatable bonds is 6. The summed E-state index contributed by atoms with van der Waals surface area (Å²) in [5.74, 6) is 0.666. The number of aliphatic hydroxyl groups is 1. The fourth-order valence-corrected chi connectivity index (χ4v) is 2.22. The maximum Gasteiger partial charge on any atom is 0.292 e. The van der Waals surface area contributed by atoms with Crippen LogP contribution in [0.15, 0.2) is 18.2 Å². The normalized spacial score (nSPS) is 14.7. The third kappa shape index (κ3) is 3.23. The Morgan fingerprint density at radius 2 is 2.16 bits per heavy atom. The first-order valence-electron chi connectivity index (χ1n) is 6.67. The van der Waals surface area contributed by atoms with E-state index in [2.05, 4.69) is 4.90 Å². The number of nitrogens with zero attached hydrogens (tertiary/aromatic N) is 2. The Balaban J connectivity index is 2.36. The second-order valence-corrected chi connectivity index (χ2v) is 5.43. The van der Waals surface area contributed by atoms with E-state index in [-0.39, 0.29) is 23.3 Å². The molecule has 0 radical (unpaired) electrons. The van der Waals surface area contributed by atoms with E-state index in [0.29, 0.717) is 17.2 Å². The first kappa shape index (κ1) is 13.8. The number of hydrogen-bond donors (Lipinski definition) is 1. The van der Waals surface area contributed by atoms with Crippen LogP contribution in [0.2, 0.25) is 0 Å². The van der Waals surface area contributed by atoms with Gasteiger partial charge in [0.15, 0.2) is 0 Å². The summed E-state index contributed by atoms with van der Waals surface area (Å²) in [5, 5.41) is 20.3. The number of nitro benzene ring substituents is 1. The molecular weight excluding hydrogens is 244 g/mol. The van der Waals surface area contributed by atoms with Crippen molar-refractivity contribution in [3.8, 4) is 0 Å². The molecular formula is C14H20N2O3. The van der Waals surface area contributed by atoms with Gasteiger partial charge < -0.3 is 10.0 Å². The van der Waals surface area contributed by atoms with Crippen molar-refractivity contribution in [3.63, 3.8) is 0 Å². The molecule has 0 unspecified atom stereocenters. The number of hydrogen-bond acceptors (Lipinski definition) is 4. The van der Waals surface area contributed by atoms with Crippen LogP contribution in [0.4, 0.5) is 11.4 Å². The molecule has 1 aliphatic carbocycles. The third-order valence-corrected chi connectivity index (χ3v) is 3.50. The van der Waals surface area contributed by atoms with E-state index in [9.17, 15) is 10.1 Å². The predicted octanol–water partition coefficient (Wildman–Crippen LogP) is 2.71. The Hall–Kier alpha value is -1.62. The number of aliphatic hydroxyl groups excluding tert-OH is 1. The van der Waals surface area contributed by atoms with Gasteiger partial charge in [0.1, 0.15) is 5.69 Å². The van der Waals surface area contributed by atoms with Crippen molar-refractivity contribution < 1.29 is 10.0 Å². The minimum absolute atomic E-state index is 0.0842. The Morgan fingerprint density at radius 3 is 2.63 bits per heavy atom. The molecule has 0 amide bonds. The highest BCUT2D eigenvalue weighted by molar-refractivity contribution is 5.65. The average molecular weight is 264 g/mol. The zero-order valence-electron chi connectivity index (χ0n) is 11.4. The predicted molar refractivity (Wildman–Crippen MR) is 74.2 cm³/mol. The van der Waals surface area contributed by atoms with Gasteiger partial charge in [0.2, 0.25) is 0 Å². The van der Waals surface area contributed by atoms with Gasteiger partial charge in [-0.15, -0.1) is 0 Å². The molecule has 1 aliphatic rings. The average Bonchev–Trinajstić information content (AvgIpc) is 3.19. The fourth-order valence-electron chi connectivity index (χ4n) is 2.22. The quantitative estimate of drug-likeness (QED) is 0.633. The monoisotopic (exact) mass is 264 g/mol. The van der Waals surface area contributed by atoms with Crippen LogP contribution < -0.4 is 4.90 Å². The summed E-state index contributed by atoms with van der Waals surface area (Å²) in [7, 11) is 0. The first-order chi connectivity index (χ1) is 9.02. The molecule has 1 N–H and O–H groups in total. The summed E-state index contributed by atoms with van der Waals surface area (Å²) in [5.41, 5.74) is 1.32. The van der Waals surface area contributed by atoms with E-state index >= 15 is 0 Å². The summed E-state index contributed by atoms with van der Waals surface area (Å²) >= 11 is 0. The van der Waals surface area contributed by atoms with E-state index < -0.39 is 0 Å². The number of nitro groups is 1. The van der Waals surface area contributed by atoms with Gasteiger partial charge in [-0.2, -0.15) is 0 Å². The molecule has 5 heteroatoms. The Morgan fingerprint density at radius 1 is 1.47 bits per heavy atom. The Kier molecular flexibility index (Phi) is 4.04. The maximum atomic E-state index is 11.2. The van der Waals surface area contributed by atoms with Crippen molar-refractivity contribution in [2.24, 2.45) is 5.92 Å². The lowest BCUT2D eigenvalue weighted by Crippen LogP contribution is -2.33. The smallest absolute Gasteiger partial charge is 0.292 e. The fraction of sp³-hybridized carbons (Fsp3) is 0.571. The van der Waals surface area contributed by atoms with Crippen molar-refractivity contribution in [2.45, 2.75) is 39.3 Å². The maximum absolute atomic E-state index is 11.2. The van der Waals surface area contributed by atoms with Crippen LogP contribution in [0.1, 0.15) is 32.3 Å². The second-order valence-electron chi connectivity index (χ2n) is 5.43. The van der Waals surface area contributed by atoms with E-state index in [4.69, 9.17) is 5.11 Å². The molecule has 5 nitrogen and oxygen atoms in total. The van der Waals surface area contributed by atoms with Crippen molar-refractivity contribution in [3.05, 3.63) is 33.9 Å². The summed E-state index contributed by atoms with van der Waals surface area (Å²) in [6.07, 6.45) is 2.43. The van der Waals surface area contributed by atoms with E-state index in [0.717, 1.165) is 6.54 Å². The van der Waals surface area contributed by atoms with Gasteiger partial charge in [-0.3, -0.25) is 10.1 Å². The van der Waals surface area contributed by atoms with E-state index in [1.807, 2.05) is 13.8 Å². The van der Waals surface area contributed by atoms with Gasteiger partial charge >= 0.3 is 0 Å². The summed E-state index contributed by atoms with van der Waals surface area (Å²) in [6.45, 7) is 4.79. The molecule has 1 aromatic carbocycles. The van der Waals surface area contributed by atoms with Crippen molar-refractivity contribution in [1.82, 2.24) is 0 Å². The molecule has 0 atom stereocenters. The minimum Gasteiger partial charge on any atom is -0.392 e. The highest BCUT2D eigenvalue weighted by Gasteiger charge is 2.29. The molecule has 0 heterocycles. The van der Waals surface area contributed by atoms with Crippen LogP contribution in [0, 0.1) is 16.0 Å². The SMILES string of the molecule is CC(C)N(CC1CC1)c1ccc(CO)cc1[N+](=O)[O-]. The molecule has 0 aromatic heterocycles. The standard InChI is InChI=1S/C14H20N2O3/c1-10(2)15(8-11-3-4-11)13-6-5-12(9-17)7-14(13)16(18)19/h5-7,10-11,17H,3-4,8-9H2,1-2H3. The highest BCUT2D eigenvalue weighted by Crippen LogP contribution is 2.36. The van der Waals surface area contributed by atoms with Crippen LogP contribution >= 0.6 is 0 Å². The van der Waals surface area contributed by atoms with Gasteiger partial charge in [-0.1, -0.05) is 6.07 Å². The van der Waals surface area contributed by atoms with Gasteiger partial charge in [0.25, 0.3) is 5.69 Å². The largest absolute Gasteiger partial charge is 0.392 e. The highest BCUT2D eigenvalue weighted by atomic mass is 16.6. The third-order valence-electron chi connectivity index (χ3n) is 3.50. The molecule has 0 aliphatic heterocycles. The van der Waals surface area contributed by atoms with Gasteiger partial charge in [0, 0.05) is 18.7 Å². The molecule has 19 heavy (non-hydrogen) atoms. The summed E-state index contributed by atoms with van der Waals surface area (Å²) < 4.78 is 0. The topological polar surface area (TPSA) is 66.6 Å². The van der Waals surface area contributed by atoms with Gasteiger partial charge in [-0.25, -0.2) is 0 Å². The minimum atomic E-state index is -0.364. The number of benzene rings is 1. The summed E-state index contributed by atoms with van der Waals surface area (Å²) in [6, 6.07) is 5.20. The lowest BCUT2D eigenvalue weighted by Gasteiger charge is -2.28. The molecule has 104 valence electrons. The van der Waals surface area contributed by atoms with Crippen LogP contribution in [-0.2, 0) is 6.61 Å². The van der Waals surface area contributed by atoms with Gasteiger partial charge in [-0.05, 0) is 44.2 Å². The summed E-state index contributed by atoms with van der Waals surface area (Å²) in [4.78, 5) is 12.9. The Bertz CT molecular complexity index is 470. The van der Waals surface area contributed by atoms with Crippen molar-refractivity contribution >= 4 is 11.4 Å². The van der Waals surface area contributed by atoms with Crippen molar-refractivity contribution in [2.75, 3.05) is 11.4 Å². The van der Waals surface area contributed by atoms with E-state index in [1.165, 1.54) is 18.9 Å². The lowest BCUT2D eigenvalue weighted by molar-refractivity contribution is -0.384. The molecule has 0 saturated heterocycles. The second kappa shape index (κ2) is 5.57. The Labute approximate surface area is 113 Å². The molecule has 0 bridgehead atoms. The van der Waals surface area contributed by atoms with Gasteiger partial charge in [0.05, 0.1) is 11.5 Å². The van der Waals surface area contributed by atoms with Crippen LogP contribution in [0.5, 0.6) is 0 Å². The number of anilines is 1. The first-order valence-corrected chi connectivity index (χ1v) is 6.67. The lowest BCUT2D eigenvalue weighted by atomic mass is 10.1. The molecule has 2 rings (SSSR count).